The Bertz CT molecular complexity index is 407. The van der Waals surface area contributed by atoms with Crippen LogP contribution >= 0.6 is 11.3 Å². The fourth-order valence-corrected chi connectivity index (χ4v) is 2.71. The highest BCUT2D eigenvalue weighted by atomic mass is 32.1. The first-order valence-corrected chi connectivity index (χ1v) is 6.54. The molecule has 2 heterocycles. The van der Waals surface area contributed by atoms with Crippen molar-refractivity contribution < 1.29 is 9.53 Å². The number of nitrogens with two attached hydrogens (primary N) is 1. The van der Waals surface area contributed by atoms with Gasteiger partial charge in [0.15, 0.2) is 0 Å². The van der Waals surface area contributed by atoms with Gasteiger partial charge in [-0.15, -0.1) is 11.3 Å². The van der Waals surface area contributed by atoms with E-state index in [0.717, 1.165) is 11.4 Å². The predicted molar refractivity (Wildman–Crippen MR) is 65.9 cm³/mol. The van der Waals surface area contributed by atoms with Gasteiger partial charge in [-0.25, -0.2) is 4.98 Å². The van der Waals surface area contributed by atoms with Gasteiger partial charge < -0.3 is 15.4 Å². The van der Waals surface area contributed by atoms with E-state index in [1.54, 1.807) is 17.3 Å². The number of carbonyl (C=O) groups excluding carboxylic acids is 1. The minimum atomic E-state index is -0.0525. The third-order valence-electron chi connectivity index (χ3n) is 3.10. The van der Waals surface area contributed by atoms with E-state index in [0.29, 0.717) is 18.8 Å². The minimum Gasteiger partial charge on any atom is -0.376 e. The van der Waals surface area contributed by atoms with Gasteiger partial charge in [0.1, 0.15) is 10.7 Å². The SMILES string of the molecule is CC1OCCC1N(C)C(=O)c1csc(CN)n1. The third-order valence-corrected chi connectivity index (χ3v) is 3.97. The fraction of sp³-hybridized carbons (Fsp3) is 0.636. The summed E-state index contributed by atoms with van der Waals surface area (Å²) in [6.07, 6.45) is 0.980. The molecule has 1 aromatic heterocycles. The van der Waals surface area contributed by atoms with Crippen LogP contribution in [0.25, 0.3) is 0 Å². The van der Waals surface area contributed by atoms with E-state index in [4.69, 9.17) is 10.5 Å². The normalized spacial score (nSPS) is 23.9. The lowest BCUT2D eigenvalue weighted by Gasteiger charge is -2.25. The van der Waals surface area contributed by atoms with Crippen molar-refractivity contribution in [2.24, 2.45) is 5.73 Å². The molecule has 1 aromatic rings. The van der Waals surface area contributed by atoms with Gasteiger partial charge in [-0.1, -0.05) is 0 Å². The molecule has 0 aliphatic carbocycles. The largest absolute Gasteiger partial charge is 0.376 e. The van der Waals surface area contributed by atoms with Gasteiger partial charge in [0, 0.05) is 25.6 Å². The summed E-state index contributed by atoms with van der Waals surface area (Å²) in [4.78, 5) is 18.1. The number of ether oxygens (including phenoxy) is 1. The molecular weight excluding hydrogens is 238 g/mol. The van der Waals surface area contributed by atoms with Gasteiger partial charge in [0.2, 0.25) is 0 Å². The standard InChI is InChI=1S/C11H17N3O2S/c1-7-9(3-4-16-7)14(2)11(15)8-6-17-10(5-12)13-8/h6-7,9H,3-5,12H2,1-2H3. The van der Waals surface area contributed by atoms with Crippen molar-refractivity contribution in [2.45, 2.75) is 32.0 Å². The molecule has 1 amide bonds. The molecule has 1 saturated heterocycles. The second-order valence-electron chi connectivity index (χ2n) is 4.18. The van der Waals surface area contributed by atoms with Crippen molar-refractivity contribution in [1.82, 2.24) is 9.88 Å². The number of aromatic nitrogens is 1. The first-order chi connectivity index (χ1) is 8.13. The first-order valence-electron chi connectivity index (χ1n) is 5.66. The van der Waals surface area contributed by atoms with Gasteiger partial charge in [0.25, 0.3) is 5.91 Å². The molecule has 1 aliphatic rings. The van der Waals surface area contributed by atoms with Crippen molar-refractivity contribution in [1.29, 1.82) is 0 Å². The van der Waals surface area contributed by atoms with E-state index in [2.05, 4.69) is 4.98 Å². The summed E-state index contributed by atoms with van der Waals surface area (Å²) in [6.45, 7) is 3.09. The van der Waals surface area contributed by atoms with Crippen LogP contribution in [-0.4, -0.2) is 41.6 Å². The first kappa shape index (κ1) is 12.5. The maximum atomic E-state index is 12.2. The van der Waals surface area contributed by atoms with E-state index < -0.39 is 0 Å². The lowest BCUT2D eigenvalue weighted by molar-refractivity contribution is 0.0570. The quantitative estimate of drug-likeness (QED) is 0.869. The van der Waals surface area contributed by atoms with Crippen molar-refractivity contribution in [3.05, 3.63) is 16.1 Å². The van der Waals surface area contributed by atoms with Gasteiger partial charge in [-0.3, -0.25) is 4.79 Å². The zero-order valence-corrected chi connectivity index (χ0v) is 10.9. The Morgan fingerprint density at radius 1 is 1.76 bits per heavy atom. The second kappa shape index (κ2) is 5.12. The average molecular weight is 255 g/mol. The van der Waals surface area contributed by atoms with Crippen molar-refractivity contribution in [3.8, 4) is 0 Å². The number of thiazole rings is 1. The Kier molecular flexibility index (Phi) is 3.76. The van der Waals surface area contributed by atoms with Crippen LogP contribution in [0.2, 0.25) is 0 Å². The number of rotatable bonds is 3. The summed E-state index contributed by atoms with van der Waals surface area (Å²) in [5.74, 6) is -0.0525. The Balaban J connectivity index is 2.08. The molecule has 0 radical (unpaired) electrons. The predicted octanol–water partition coefficient (Wildman–Crippen LogP) is 0.851. The number of nitrogens with zero attached hydrogens (tertiary/aromatic N) is 2. The summed E-state index contributed by atoms with van der Waals surface area (Å²) in [6, 6.07) is 0.144. The highest BCUT2D eigenvalue weighted by Gasteiger charge is 2.31. The number of hydrogen-bond acceptors (Lipinski definition) is 5. The lowest BCUT2D eigenvalue weighted by atomic mass is 10.1. The molecule has 2 rings (SSSR count). The van der Waals surface area contributed by atoms with Crippen LogP contribution in [0.1, 0.15) is 28.8 Å². The van der Waals surface area contributed by atoms with Crippen LogP contribution < -0.4 is 5.73 Å². The molecule has 1 aliphatic heterocycles. The molecule has 2 atom stereocenters. The smallest absolute Gasteiger partial charge is 0.273 e. The van der Waals surface area contributed by atoms with E-state index in [1.165, 1.54) is 11.3 Å². The van der Waals surface area contributed by atoms with Crippen molar-refractivity contribution in [2.75, 3.05) is 13.7 Å². The zero-order chi connectivity index (χ0) is 12.4. The lowest BCUT2D eigenvalue weighted by Crippen LogP contribution is -2.41. The number of hydrogen-bond donors (Lipinski definition) is 1. The maximum absolute atomic E-state index is 12.2. The maximum Gasteiger partial charge on any atom is 0.273 e. The number of carbonyl (C=O) groups is 1. The van der Waals surface area contributed by atoms with E-state index >= 15 is 0 Å². The van der Waals surface area contributed by atoms with Crippen LogP contribution in [0, 0.1) is 0 Å². The van der Waals surface area contributed by atoms with Gasteiger partial charge in [-0.05, 0) is 13.3 Å². The summed E-state index contributed by atoms with van der Waals surface area (Å²) in [7, 11) is 1.81. The Hall–Kier alpha value is -0.980. The van der Waals surface area contributed by atoms with Crippen molar-refractivity contribution >= 4 is 17.2 Å². The van der Waals surface area contributed by atoms with Crippen LogP contribution in [0.15, 0.2) is 5.38 Å². The van der Waals surface area contributed by atoms with E-state index in [9.17, 15) is 4.79 Å². The van der Waals surface area contributed by atoms with Crippen LogP contribution in [0.5, 0.6) is 0 Å². The van der Waals surface area contributed by atoms with Crippen LogP contribution in [-0.2, 0) is 11.3 Å². The highest BCUT2D eigenvalue weighted by molar-refractivity contribution is 7.09. The summed E-state index contributed by atoms with van der Waals surface area (Å²) >= 11 is 1.42. The van der Waals surface area contributed by atoms with Gasteiger partial charge >= 0.3 is 0 Å². The molecule has 1 fully saturated rings. The Morgan fingerprint density at radius 3 is 3.06 bits per heavy atom. The van der Waals surface area contributed by atoms with E-state index in [-0.39, 0.29) is 18.1 Å². The summed E-state index contributed by atoms with van der Waals surface area (Å²) in [5, 5.41) is 2.55. The highest BCUT2D eigenvalue weighted by Crippen LogP contribution is 2.20. The molecule has 0 bridgehead atoms. The van der Waals surface area contributed by atoms with Crippen LogP contribution in [0.4, 0.5) is 0 Å². The summed E-state index contributed by atoms with van der Waals surface area (Å²) < 4.78 is 5.47. The Morgan fingerprint density at radius 2 is 2.53 bits per heavy atom. The molecular formula is C11H17N3O2S. The molecule has 94 valence electrons. The average Bonchev–Trinajstić information content (AvgIpc) is 2.95. The van der Waals surface area contributed by atoms with Crippen molar-refractivity contribution in [3.63, 3.8) is 0 Å². The molecule has 0 saturated carbocycles. The molecule has 2 N–H and O–H groups in total. The monoisotopic (exact) mass is 255 g/mol. The van der Waals surface area contributed by atoms with Gasteiger partial charge in [-0.2, -0.15) is 0 Å². The minimum absolute atomic E-state index is 0.0525. The summed E-state index contributed by atoms with van der Waals surface area (Å²) in [5.41, 5.74) is 5.97. The van der Waals surface area contributed by atoms with Crippen LogP contribution in [0.3, 0.4) is 0 Å². The zero-order valence-electron chi connectivity index (χ0n) is 10.0. The molecule has 17 heavy (non-hydrogen) atoms. The molecule has 5 nitrogen and oxygen atoms in total. The molecule has 0 spiro atoms. The van der Waals surface area contributed by atoms with E-state index in [1.807, 2.05) is 6.92 Å². The molecule has 6 heteroatoms. The molecule has 2 unspecified atom stereocenters. The topological polar surface area (TPSA) is 68.5 Å². The number of amides is 1. The molecule has 0 aromatic carbocycles. The Labute approximate surface area is 105 Å². The third kappa shape index (κ3) is 2.48. The number of likely N-dealkylation sites (N-methyl/N-ethyl adjacent to an activating group) is 1. The second-order valence-corrected chi connectivity index (χ2v) is 5.12. The van der Waals surface area contributed by atoms with Gasteiger partial charge in [0.05, 0.1) is 12.1 Å². The fourth-order valence-electron chi connectivity index (χ4n) is 2.06.